The number of anilines is 2. The summed E-state index contributed by atoms with van der Waals surface area (Å²) in [6.07, 6.45) is 0. The number of methoxy groups -OCH3 is 2. The Balaban J connectivity index is 1.85. The van der Waals surface area contributed by atoms with Gasteiger partial charge in [-0.15, -0.1) is 0 Å². The second kappa shape index (κ2) is 8.59. The lowest BCUT2D eigenvalue weighted by molar-refractivity contribution is -0.120. The van der Waals surface area contributed by atoms with E-state index in [9.17, 15) is 9.59 Å². The third-order valence-electron chi connectivity index (χ3n) is 5.34. The summed E-state index contributed by atoms with van der Waals surface area (Å²) >= 11 is 0. The zero-order valence-corrected chi connectivity index (χ0v) is 18.4. The zero-order valence-electron chi connectivity index (χ0n) is 18.4. The fourth-order valence-corrected chi connectivity index (χ4v) is 3.69. The highest BCUT2D eigenvalue weighted by Crippen LogP contribution is 2.37. The fourth-order valence-electron chi connectivity index (χ4n) is 3.69. The number of nitrogens with zero attached hydrogens (tertiary/aromatic N) is 1. The van der Waals surface area contributed by atoms with E-state index in [2.05, 4.69) is 5.32 Å². The average molecular weight is 428 g/mol. The monoisotopic (exact) mass is 428 g/mol. The molecule has 32 heavy (non-hydrogen) atoms. The molecular formula is C26H24N2O4. The van der Waals surface area contributed by atoms with Gasteiger partial charge in [0.05, 0.1) is 25.5 Å². The number of imide groups is 1. The van der Waals surface area contributed by atoms with Crippen molar-refractivity contribution in [1.29, 1.82) is 0 Å². The first kappa shape index (κ1) is 21.2. The van der Waals surface area contributed by atoms with Crippen LogP contribution < -0.4 is 19.7 Å². The van der Waals surface area contributed by atoms with Crippen LogP contribution in [-0.4, -0.2) is 26.0 Å². The summed E-state index contributed by atoms with van der Waals surface area (Å²) in [6, 6.07) is 20.1. The standard InChI is InChI=1S/C26H24N2O4/c1-16-8-11-19(12-9-16)27-24-23(18-10-13-21(31-3)22(15-18)32-4)25(29)28(26(24)30)20-7-5-6-17(2)14-20/h5-15,27H,1-4H3. The molecule has 4 rings (SSSR count). The van der Waals surface area contributed by atoms with Crippen molar-refractivity contribution in [3.05, 3.63) is 89.1 Å². The summed E-state index contributed by atoms with van der Waals surface area (Å²) < 4.78 is 10.7. The summed E-state index contributed by atoms with van der Waals surface area (Å²) in [5.41, 5.74) is 4.35. The van der Waals surface area contributed by atoms with Crippen LogP contribution in [-0.2, 0) is 9.59 Å². The van der Waals surface area contributed by atoms with Crippen LogP contribution in [0, 0.1) is 13.8 Å². The molecule has 0 radical (unpaired) electrons. The summed E-state index contributed by atoms with van der Waals surface area (Å²) in [4.78, 5) is 28.3. The average Bonchev–Trinajstić information content (AvgIpc) is 3.04. The fraction of sp³-hybridized carbons (Fsp3) is 0.154. The number of hydrogen-bond acceptors (Lipinski definition) is 5. The number of benzene rings is 3. The number of amides is 2. The minimum atomic E-state index is -0.411. The highest BCUT2D eigenvalue weighted by Gasteiger charge is 2.40. The third kappa shape index (κ3) is 3.83. The van der Waals surface area contributed by atoms with E-state index < -0.39 is 11.8 Å². The van der Waals surface area contributed by atoms with E-state index in [1.807, 2.05) is 56.3 Å². The number of ether oxygens (including phenoxy) is 2. The molecule has 1 N–H and O–H groups in total. The molecule has 0 fully saturated rings. The van der Waals surface area contributed by atoms with Crippen molar-refractivity contribution in [2.24, 2.45) is 0 Å². The maximum Gasteiger partial charge on any atom is 0.282 e. The molecular weight excluding hydrogens is 404 g/mol. The summed E-state index contributed by atoms with van der Waals surface area (Å²) in [5.74, 6) is 0.201. The second-order valence-electron chi connectivity index (χ2n) is 7.60. The Bertz CT molecular complexity index is 1230. The maximum absolute atomic E-state index is 13.6. The van der Waals surface area contributed by atoms with Crippen LogP contribution in [0.3, 0.4) is 0 Å². The van der Waals surface area contributed by atoms with Crippen LogP contribution in [0.15, 0.2) is 72.4 Å². The summed E-state index contributed by atoms with van der Waals surface area (Å²) in [5, 5.41) is 3.17. The van der Waals surface area contributed by atoms with Gasteiger partial charge in [0.15, 0.2) is 11.5 Å². The van der Waals surface area contributed by atoms with Gasteiger partial charge in [-0.25, -0.2) is 4.90 Å². The minimum absolute atomic E-state index is 0.215. The maximum atomic E-state index is 13.6. The molecule has 0 saturated carbocycles. The van der Waals surface area contributed by atoms with Gasteiger partial charge >= 0.3 is 0 Å². The lowest BCUT2D eigenvalue weighted by Crippen LogP contribution is -2.32. The number of carbonyl (C=O) groups excluding carboxylic acids is 2. The Morgan fingerprint density at radius 2 is 1.47 bits per heavy atom. The van der Waals surface area contributed by atoms with Gasteiger partial charge in [0.25, 0.3) is 11.8 Å². The van der Waals surface area contributed by atoms with Gasteiger partial charge in [-0.05, 0) is 61.4 Å². The molecule has 0 aliphatic carbocycles. The van der Waals surface area contributed by atoms with Crippen molar-refractivity contribution in [3.8, 4) is 11.5 Å². The van der Waals surface area contributed by atoms with Gasteiger partial charge in [0.1, 0.15) is 5.70 Å². The number of rotatable bonds is 6. The Labute approximate surface area is 187 Å². The molecule has 162 valence electrons. The predicted octanol–water partition coefficient (Wildman–Crippen LogP) is 4.72. The molecule has 3 aromatic rings. The third-order valence-corrected chi connectivity index (χ3v) is 5.34. The normalized spacial score (nSPS) is 13.6. The van der Waals surface area contributed by atoms with Crippen LogP contribution in [0.25, 0.3) is 5.57 Å². The highest BCUT2D eigenvalue weighted by molar-refractivity contribution is 6.46. The van der Waals surface area contributed by atoms with Crippen molar-refractivity contribution >= 4 is 28.8 Å². The first-order valence-electron chi connectivity index (χ1n) is 10.2. The lowest BCUT2D eigenvalue weighted by atomic mass is 10.0. The molecule has 1 heterocycles. The van der Waals surface area contributed by atoms with Gasteiger partial charge < -0.3 is 14.8 Å². The van der Waals surface area contributed by atoms with E-state index in [-0.39, 0.29) is 11.3 Å². The van der Waals surface area contributed by atoms with Gasteiger partial charge in [-0.2, -0.15) is 0 Å². The van der Waals surface area contributed by atoms with E-state index in [0.29, 0.717) is 22.7 Å². The smallest absolute Gasteiger partial charge is 0.282 e. The van der Waals surface area contributed by atoms with Gasteiger partial charge in [-0.1, -0.05) is 35.9 Å². The Morgan fingerprint density at radius 1 is 0.750 bits per heavy atom. The first-order chi connectivity index (χ1) is 15.4. The Hall–Kier alpha value is -4.06. The van der Waals surface area contributed by atoms with Gasteiger partial charge in [-0.3, -0.25) is 9.59 Å². The SMILES string of the molecule is COc1ccc(C2=C(Nc3ccc(C)cc3)C(=O)N(c3cccc(C)c3)C2=O)cc1OC. The van der Waals surface area contributed by atoms with Crippen LogP contribution in [0.4, 0.5) is 11.4 Å². The molecule has 0 aromatic heterocycles. The minimum Gasteiger partial charge on any atom is -0.493 e. The molecule has 1 aliphatic rings. The van der Waals surface area contributed by atoms with E-state index in [1.165, 1.54) is 12.0 Å². The lowest BCUT2D eigenvalue weighted by Gasteiger charge is -2.16. The van der Waals surface area contributed by atoms with Crippen molar-refractivity contribution in [1.82, 2.24) is 0 Å². The molecule has 6 heteroatoms. The predicted molar refractivity (Wildman–Crippen MR) is 125 cm³/mol. The van der Waals surface area contributed by atoms with E-state index in [0.717, 1.165) is 16.8 Å². The molecule has 3 aromatic carbocycles. The van der Waals surface area contributed by atoms with Crippen molar-refractivity contribution in [3.63, 3.8) is 0 Å². The molecule has 6 nitrogen and oxygen atoms in total. The van der Waals surface area contributed by atoms with Crippen LogP contribution in [0.1, 0.15) is 16.7 Å². The molecule has 0 saturated heterocycles. The summed E-state index contributed by atoms with van der Waals surface area (Å²) in [7, 11) is 3.08. The molecule has 1 aliphatic heterocycles. The summed E-state index contributed by atoms with van der Waals surface area (Å²) in [6.45, 7) is 3.91. The number of carbonyl (C=O) groups is 2. The van der Waals surface area contributed by atoms with E-state index in [1.54, 1.807) is 31.4 Å². The van der Waals surface area contributed by atoms with E-state index >= 15 is 0 Å². The second-order valence-corrected chi connectivity index (χ2v) is 7.60. The molecule has 0 unspecified atom stereocenters. The van der Waals surface area contributed by atoms with Crippen LogP contribution in [0.2, 0.25) is 0 Å². The van der Waals surface area contributed by atoms with Gasteiger partial charge in [0.2, 0.25) is 0 Å². The first-order valence-corrected chi connectivity index (χ1v) is 10.2. The van der Waals surface area contributed by atoms with Crippen molar-refractivity contribution in [2.45, 2.75) is 13.8 Å². The highest BCUT2D eigenvalue weighted by atomic mass is 16.5. The van der Waals surface area contributed by atoms with Crippen molar-refractivity contribution < 1.29 is 19.1 Å². The Kier molecular flexibility index (Phi) is 5.69. The van der Waals surface area contributed by atoms with Crippen molar-refractivity contribution in [2.75, 3.05) is 24.4 Å². The molecule has 0 atom stereocenters. The van der Waals surface area contributed by atoms with Crippen LogP contribution >= 0.6 is 0 Å². The van der Waals surface area contributed by atoms with Gasteiger partial charge in [0, 0.05) is 5.69 Å². The van der Waals surface area contributed by atoms with E-state index in [4.69, 9.17) is 9.47 Å². The van der Waals surface area contributed by atoms with Crippen LogP contribution in [0.5, 0.6) is 11.5 Å². The zero-order chi connectivity index (χ0) is 22.8. The molecule has 0 bridgehead atoms. The topological polar surface area (TPSA) is 67.9 Å². The quantitative estimate of drug-likeness (QED) is 0.576. The largest absolute Gasteiger partial charge is 0.493 e. The number of hydrogen-bond donors (Lipinski definition) is 1. The molecule has 2 amide bonds. The Morgan fingerprint density at radius 3 is 2.12 bits per heavy atom. The number of aryl methyl sites for hydroxylation is 2. The number of nitrogens with one attached hydrogen (secondary N) is 1. The molecule has 0 spiro atoms.